The smallest absolute Gasteiger partial charge is 0.310 e. The summed E-state index contributed by atoms with van der Waals surface area (Å²) < 4.78 is 13.2. The van der Waals surface area contributed by atoms with Crippen molar-refractivity contribution in [3.05, 3.63) is 0 Å². The lowest BCUT2D eigenvalue weighted by atomic mass is 10.1. The van der Waals surface area contributed by atoms with Gasteiger partial charge in [-0.25, -0.2) is 0 Å². The Morgan fingerprint density at radius 2 is 1.23 bits per heavy atom. The largest absolute Gasteiger partial charge is 0.469 e. The Hall–Kier alpha value is -2.20. The van der Waals surface area contributed by atoms with Crippen molar-refractivity contribution < 1.29 is 38.2 Å². The molecule has 11 heteroatoms. The first-order chi connectivity index (χ1) is 14.0. The van der Waals surface area contributed by atoms with Gasteiger partial charge in [0, 0.05) is 32.9 Å². The predicted molar refractivity (Wildman–Crippen MR) is 114 cm³/mol. The molecule has 0 aromatic heterocycles. The highest BCUT2D eigenvalue weighted by molar-refractivity contribution is 5.85. The summed E-state index contributed by atoms with van der Waals surface area (Å²) in [5.41, 5.74) is 5.61. The van der Waals surface area contributed by atoms with Crippen LogP contribution in [-0.4, -0.2) is 56.1 Å². The average molecular weight is 467 g/mol. The van der Waals surface area contributed by atoms with Crippen LogP contribution in [0.15, 0.2) is 0 Å². The lowest BCUT2D eigenvalue weighted by Gasteiger charge is -2.10. The van der Waals surface area contributed by atoms with E-state index in [1.807, 2.05) is 0 Å². The molecule has 2 aliphatic carbocycles. The number of hydrogen-bond donors (Lipinski definition) is 2. The fourth-order valence-electron chi connectivity index (χ4n) is 3.38. The molecule has 180 valence electrons. The van der Waals surface area contributed by atoms with E-state index in [0.717, 1.165) is 32.1 Å². The van der Waals surface area contributed by atoms with Gasteiger partial charge in [0.25, 0.3) is 0 Å². The topological polar surface area (TPSA) is 151 Å². The molecule has 2 fully saturated rings. The number of ether oxygens (including phenoxy) is 3. The fourth-order valence-corrected chi connectivity index (χ4v) is 3.38. The first kappa shape index (κ1) is 31.0. The Kier molecular flexibility index (Phi) is 16.5. The van der Waals surface area contributed by atoms with Crippen molar-refractivity contribution in [3.8, 4) is 0 Å². The van der Waals surface area contributed by atoms with E-state index in [2.05, 4.69) is 19.5 Å². The van der Waals surface area contributed by atoms with Gasteiger partial charge in [0.15, 0.2) is 0 Å². The summed E-state index contributed by atoms with van der Waals surface area (Å²) in [5, 5.41) is 2.80. The lowest BCUT2D eigenvalue weighted by molar-refractivity contribution is -0.156. The second kappa shape index (κ2) is 16.5. The predicted octanol–water partition coefficient (Wildman–Crippen LogP) is 1.27. The highest BCUT2D eigenvalue weighted by atomic mass is 35.5. The number of nitrogens with one attached hydrogen (secondary N) is 1. The summed E-state index contributed by atoms with van der Waals surface area (Å²) >= 11 is 0. The van der Waals surface area contributed by atoms with Crippen LogP contribution in [0.5, 0.6) is 0 Å². The van der Waals surface area contributed by atoms with E-state index in [0.29, 0.717) is 6.42 Å². The van der Waals surface area contributed by atoms with Crippen LogP contribution in [0.4, 0.5) is 0 Å². The van der Waals surface area contributed by atoms with E-state index in [4.69, 9.17) is 5.73 Å². The van der Waals surface area contributed by atoms with Gasteiger partial charge in [-0.1, -0.05) is 0 Å². The van der Waals surface area contributed by atoms with Gasteiger partial charge in [-0.05, 0) is 38.5 Å². The molecule has 0 bridgehead atoms. The van der Waals surface area contributed by atoms with Gasteiger partial charge >= 0.3 is 23.9 Å². The quantitative estimate of drug-likeness (QED) is 0.355. The maximum Gasteiger partial charge on any atom is 0.310 e. The molecule has 1 amide bonds. The molecule has 0 unspecified atom stereocenters. The average Bonchev–Trinajstić information content (AvgIpc) is 3.29. The van der Waals surface area contributed by atoms with Gasteiger partial charge < -0.3 is 25.3 Å². The number of esters is 4. The summed E-state index contributed by atoms with van der Waals surface area (Å²) in [5.74, 6) is -1.38. The van der Waals surface area contributed by atoms with Crippen LogP contribution in [0, 0.1) is 11.8 Å². The van der Waals surface area contributed by atoms with Gasteiger partial charge in [0.1, 0.15) is 0 Å². The number of halogens is 1. The molecule has 2 rings (SSSR count). The van der Waals surface area contributed by atoms with Crippen molar-refractivity contribution in [2.24, 2.45) is 17.6 Å². The number of carbonyl (C=O) groups excluding carboxylic acids is 5. The van der Waals surface area contributed by atoms with Gasteiger partial charge in [-0.3, -0.25) is 24.0 Å². The van der Waals surface area contributed by atoms with Crippen molar-refractivity contribution >= 4 is 42.2 Å². The Labute approximate surface area is 189 Å². The zero-order chi connectivity index (χ0) is 23.3. The number of hydrogen-bond acceptors (Lipinski definition) is 9. The minimum Gasteiger partial charge on any atom is -0.469 e. The van der Waals surface area contributed by atoms with Crippen LogP contribution in [0.25, 0.3) is 0 Å². The Morgan fingerprint density at radius 3 is 1.55 bits per heavy atom. The summed E-state index contributed by atoms with van der Waals surface area (Å²) in [6.07, 6.45) is 5.06. The molecular weight excluding hydrogens is 432 g/mol. The Balaban J connectivity index is 0. The molecule has 0 aromatic rings. The number of carbonyl (C=O) groups is 5. The minimum absolute atomic E-state index is 0. The molecule has 0 aromatic carbocycles. The van der Waals surface area contributed by atoms with E-state index in [1.54, 1.807) is 0 Å². The van der Waals surface area contributed by atoms with Crippen LogP contribution >= 0.6 is 12.4 Å². The molecule has 0 radical (unpaired) electrons. The van der Waals surface area contributed by atoms with Gasteiger partial charge in [0.05, 0.1) is 26.1 Å². The standard InChI is InChI=1S/C9H15NO3.C7H13NO2.C4H6O3.ClH/c1-6(11)10-8-4-3-7(5-8)9(12)13-2;1-10-7(9)5-2-3-6(8)4-5;1-3(5)7-4(2)6;/h7-8H,3-5H2,1-2H3,(H,10,11);5-6H,2-4,8H2,1H3;1-2H3;1H/t7-,8+;5-,6+;;/m11../s1. The second-order valence-corrected chi connectivity index (χ2v) is 7.31. The van der Waals surface area contributed by atoms with Crippen LogP contribution in [0.1, 0.15) is 59.3 Å². The SMILES string of the molecule is CC(=O)OC(C)=O.COC(=O)[C@@H]1CC[C@H](N)C1.COC(=O)[C@@H]1CC[C@H](NC(C)=O)C1.Cl. The number of nitrogens with two attached hydrogens (primary N) is 1. The number of rotatable bonds is 3. The third kappa shape index (κ3) is 14.4. The maximum atomic E-state index is 11.1. The molecule has 0 spiro atoms. The highest BCUT2D eigenvalue weighted by Crippen LogP contribution is 2.26. The first-order valence-corrected chi connectivity index (χ1v) is 9.87. The van der Waals surface area contributed by atoms with E-state index in [1.165, 1.54) is 35.0 Å². The van der Waals surface area contributed by atoms with E-state index in [-0.39, 0.29) is 54.2 Å². The van der Waals surface area contributed by atoms with Gasteiger partial charge in [0.2, 0.25) is 5.91 Å². The second-order valence-electron chi connectivity index (χ2n) is 7.31. The molecule has 2 aliphatic rings. The van der Waals surface area contributed by atoms with Crippen molar-refractivity contribution in [1.29, 1.82) is 0 Å². The first-order valence-electron chi connectivity index (χ1n) is 9.87. The van der Waals surface area contributed by atoms with Crippen molar-refractivity contribution in [2.75, 3.05) is 14.2 Å². The highest BCUT2D eigenvalue weighted by Gasteiger charge is 2.30. The molecule has 0 heterocycles. The van der Waals surface area contributed by atoms with Crippen LogP contribution in [0.2, 0.25) is 0 Å². The molecule has 4 atom stereocenters. The van der Waals surface area contributed by atoms with Gasteiger partial charge in [-0.2, -0.15) is 0 Å². The monoisotopic (exact) mass is 466 g/mol. The maximum absolute atomic E-state index is 11.1. The molecule has 0 saturated heterocycles. The normalized spacial score (nSPS) is 23.4. The Bertz CT molecular complexity index is 602. The molecular formula is C20H35ClN2O8. The molecule has 0 aliphatic heterocycles. The Morgan fingerprint density at radius 1 is 0.774 bits per heavy atom. The van der Waals surface area contributed by atoms with Crippen LogP contribution in [0.3, 0.4) is 0 Å². The molecule has 10 nitrogen and oxygen atoms in total. The molecule has 3 N–H and O–H groups in total. The van der Waals surface area contributed by atoms with Crippen molar-refractivity contribution in [2.45, 2.75) is 71.4 Å². The minimum atomic E-state index is -0.562. The van der Waals surface area contributed by atoms with Crippen molar-refractivity contribution in [1.82, 2.24) is 5.32 Å². The van der Waals surface area contributed by atoms with E-state index >= 15 is 0 Å². The third-order valence-electron chi connectivity index (χ3n) is 4.67. The van der Waals surface area contributed by atoms with Crippen LogP contribution < -0.4 is 11.1 Å². The summed E-state index contributed by atoms with van der Waals surface area (Å²) in [7, 11) is 2.82. The summed E-state index contributed by atoms with van der Waals surface area (Å²) in [6.45, 7) is 3.86. The number of amides is 1. The zero-order valence-corrected chi connectivity index (χ0v) is 19.6. The zero-order valence-electron chi connectivity index (χ0n) is 18.8. The third-order valence-corrected chi connectivity index (χ3v) is 4.67. The molecule has 31 heavy (non-hydrogen) atoms. The summed E-state index contributed by atoms with van der Waals surface area (Å²) in [4.78, 5) is 52.3. The summed E-state index contributed by atoms with van der Waals surface area (Å²) in [6, 6.07) is 0.366. The molecule has 2 saturated carbocycles. The van der Waals surface area contributed by atoms with E-state index in [9.17, 15) is 24.0 Å². The van der Waals surface area contributed by atoms with Gasteiger partial charge in [-0.15, -0.1) is 12.4 Å². The lowest BCUT2D eigenvalue weighted by Crippen LogP contribution is -2.31. The number of methoxy groups -OCH3 is 2. The van der Waals surface area contributed by atoms with E-state index < -0.39 is 11.9 Å². The van der Waals surface area contributed by atoms with Crippen molar-refractivity contribution in [3.63, 3.8) is 0 Å². The fraction of sp³-hybridized carbons (Fsp3) is 0.750. The van der Waals surface area contributed by atoms with Crippen LogP contribution in [-0.2, 0) is 38.2 Å².